The first kappa shape index (κ1) is 26.5. The summed E-state index contributed by atoms with van der Waals surface area (Å²) in [7, 11) is 3.87. The van der Waals surface area contributed by atoms with Gasteiger partial charge in [-0.2, -0.15) is 0 Å². The Hall–Kier alpha value is -4.67. The van der Waals surface area contributed by atoms with Crippen LogP contribution in [0.5, 0.6) is 0 Å². The van der Waals surface area contributed by atoms with Crippen LogP contribution in [0.15, 0.2) is 73.1 Å². The number of aromatic nitrogens is 2. The first-order valence-electron chi connectivity index (χ1n) is 13.5. The zero-order chi connectivity index (χ0) is 28.5. The minimum atomic E-state index is -0.428. The average molecular weight is 552 g/mol. The minimum Gasteiger partial charge on any atom is -0.354 e. The lowest BCUT2D eigenvalue weighted by Crippen LogP contribution is -2.48. The van der Waals surface area contributed by atoms with Crippen molar-refractivity contribution in [3.63, 3.8) is 0 Å². The molecule has 208 valence electrons. The van der Waals surface area contributed by atoms with Gasteiger partial charge in [-0.1, -0.05) is 6.07 Å². The second-order valence-corrected chi connectivity index (χ2v) is 10.4. The zero-order valence-corrected chi connectivity index (χ0v) is 22.9. The maximum atomic E-state index is 13.9. The molecule has 3 heterocycles. The lowest BCUT2D eigenvalue weighted by molar-refractivity contribution is -0.119. The molecule has 0 radical (unpaired) electrons. The number of nitrogens with one attached hydrogen (secondary N) is 2. The standard InChI is InChI=1S/C31H30FN7O2/c1-37-13-15-39(16-14-37)19-28(40)38(2)23-7-5-22(6-8-23)35-30(20-3-10-25-27(17-20)34-12-11-33-25)29-24-9-4-21(32)18-26(24)36-31(29)41/h3-12,17-18,35H,13-16,19H2,1-2H3,(H,36,41). The number of rotatable bonds is 6. The lowest BCUT2D eigenvalue weighted by Gasteiger charge is -2.32. The normalized spacial score (nSPS) is 16.8. The van der Waals surface area contributed by atoms with E-state index < -0.39 is 5.82 Å². The molecule has 2 aliphatic heterocycles. The van der Waals surface area contributed by atoms with Crippen molar-refractivity contribution in [2.75, 3.05) is 62.4 Å². The SMILES string of the molecule is CN1CCN(CC(=O)N(C)c2ccc(NC(=C3C(=O)Nc4cc(F)ccc43)c3ccc4nccnc4c3)cc2)CC1. The summed E-state index contributed by atoms with van der Waals surface area (Å²) in [4.78, 5) is 41.0. The van der Waals surface area contributed by atoms with Gasteiger partial charge in [0, 0.05) is 68.1 Å². The summed E-state index contributed by atoms with van der Waals surface area (Å²) in [5.41, 5.74) is 5.59. The second kappa shape index (κ2) is 11.1. The Morgan fingerprint density at radius 3 is 2.46 bits per heavy atom. The summed E-state index contributed by atoms with van der Waals surface area (Å²) >= 11 is 0. The largest absolute Gasteiger partial charge is 0.354 e. The van der Waals surface area contributed by atoms with Crippen LogP contribution in [0.4, 0.5) is 21.5 Å². The van der Waals surface area contributed by atoms with E-state index in [-0.39, 0.29) is 11.8 Å². The Bertz CT molecular complexity index is 1660. The van der Waals surface area contributed by atoms with Gasteiger partial charge in [0.1, 0.15) is 5.82 Å². The fourth-order valence-electron chi connectivity index (χ4n) is 5.15. The van der Waals surface area contributed by atoms with E-state index in [0.29, 0.717) is 34.6 Å². The van der Waals surface area contributed by atoms with Gasteiger partial charge in [-0.15, -0.1) is 0 Å². The molecule has 3 aromatic carbocycles. The number of carbonyl (C=O) groups excluding carboxylic acids is 2. The summed E-state index contributed by atoms with van der Waals surface area (Å²) in [6, 6.07) is 17.3. The second-order valence-electron chi connectivity index (χ2n) is 10.4. The number of piperazine rings is 1. The van der Waals surface area contributed by atoms with Crippen LogP contribution in [0.2, 0.25) is 0 Å². The summed E-state index contributed by atoms with van der Waals surface area (Å²) < 4.78 is 13.9. The quantitative estimate of drug-likeness (QED) is 0.351. The van der Waals surface area contributed by atoms with Crippen molar-refractivity contribution >= 4 is 51.2 Å². The van der Waals surface area contributed by atoms with Crippen molar-refractivity contribution in [1.82, 2.24) is 19.8 Å². The number of anilines is 3. The van der Waals surface area contributed by atoms with Crippen LogP contribution in [0.3, 0.4) is 0 Å². The van der Waals surface area contributed by atoms with Crippen LogP contribution in [-0.4, -0.2) is 78.4 Å². The molecule has 1 fully saturated rings. The molecule has 0 atom stereocenters. The molecule has 4 aromatic rings. The molecule has 9 nitrogen and oxygen atoms in total. The predicted octanol–water partition coefficient (Wildman–Crippen LogP) is 3.91. The van der Waals surface area contributed by atoms with Gasteiger partial charge in [0.05, 0.1) is 34.5 Å². The third kappa shape index (κ3) is 5.52. The van der Waals surface area contributed by atoms with E-state index in [4.69, 9.17) is 0 Å². The van der Waals surface area contributed by atoms with E-state index in [9.17, 15) is 14.0 Å². The van der Waals surface area contributed by atoms with Crippen LogP contribution >= 0.6 is 0 Å². The van der Waals surface area contributed by atoms with Crippen molar-refractivity contribution in [3.8, 4) is 0 Å². The number of benzene rings is 3. The van der Waals surface area contributed by atoms with Crippen LogP contribution < -0.4 is 15.5 Å². The molecule has 2 amide bonds. The van der Waals surface area contributed by atoms with Crippen molar-refractivity contribution < 1.29 is 14.0 Å². The molecule has 0 unspecified atom stereocenters. The number of hydrogen-bond acceptors (Lipinski definition) is 7. The Balaban J connectivity index is 1.30. The molecule has 0 bridgehead atoms. The maximum Gasteiger partial charge on any atom is 0.258 e. The Morgan fingerprint density at radius 2 is 1.71 bits per heavy atom. The van der Waals surface area contributed by atoms with Crippen molar-refractivity contribution in [1.29, 1.82) is 0 Å². The van der Waals surface area contributed by atoms with E-state index in [1.807, 2.05) is 42.5 Å². The minimum absolute atomic E-state index is 0.0295. The van der Waals surface area contributed by atoms with Gasteiger partial charge >= 0.3 is 0 Å². The Kier molecular flexibility index (Phi) is 7.17. The number of carbonyl (C=O) groups is 2. The molecular formula is C31H30FN7O2. The third-order valence-electron chi connectivity index (χ3n) is 7.59. The smallest absolute Gasteiger partial charge is 0.258 e. The predicted molar refractivity (Wildman–Crippen MR) is 159 cm³/mol. The molecule has 6 rings (SSSR count). The van der Waals surface area contributed by atoms with Gasteiger partial charge in [-0.3, -0.25) is 24.5 Å². The topological polar surface area (TPSA) is 93.7 Å². The van der Waals surface area contributed by atoms with Crippen molar-refractivity contribution in [2.45, 2.75) is 0 Å². The monoisotopic (exact) mass is 551 g/mol. The molecule has 0 aliphatic carbocycles. The number of likely N-dealkylation sites (N-methyl/N-ethyl adjacent to an activating group) is 2. The van der Waals surface area contributed by atoms with Crippen molar-refractivity contribution in [2.24, 2.45) is 0 Å². The van der Waals surface area contributed by atoms with Gasteiger partial charge in [0.2, 0.25) is 5.91 Å². The molecular weight excluding hydrogens is 521 g/mol. The van der Waals surface area contributed by atoms with Gasteiger partial charge in [0.25, 0.3) is 5.91 Å². The summed E-state index contributed by atoms with van der Waals surface area (Å²) in [6.07, 6.45) is 3.25. The highest BCUT2D eigenvalue weighted by Gasteiger charge is 2.29. The number of fused-ring (bicyclic) bond motifs is 2. The maximum absolute atomic E-state index is 13.9. The van der Waals surface area contributed by atoms with Gasteiger partial charge < -0.3 is 20.4 Å². The third-order valence-corrected chi connectivity index (χ3v) is 7.59. The van der Waals surface area contributed by atoms with E-state index in [1.54, 1.807) is 30.4 Å². The van der Waals surface area contributed by atoms with Gasteiger partial charge in [0.15, 0.2) is 0 Å². The lowest BCUT2D eigenvalue weighted by atomic mass is 9.99. The van der Waals surface area contributed by atoms with E-state index >= 15 is 0 Å². The van der Waals surface area contributed by atoms with Crippen LogP contribution in [0.25, 0.3) is 22.3 Å². The van der Waals surface area contributed by atoms with E-state index in [2.05, 4.69) is 37.4 Å². The van der Waals surface area contributed by atoms with Crippen LogP contribution in [0.1, 0.15) is 11.1 Å². The number of hydrogen-bond donors (Lipinski definition) is 2. The van der Waals surface area contributed by atoms with E-state index in [0.717, 1.165) is 48.6 Å². The molecule has 0 saturated carbocycles. The van der Waals surface area contributed by atoms with Crippen molar-refractivity contribution in [3.05, 3.63) is 90.0 Å². The molecule has 0 spiro atoms. The summed E-state index contributed by atoms with van der Waals surface area (Å²) in [5, 5.41) is 6.19. The van der Waals surface area contributed by atoms with Gasteiger partial charge in [-0.05, 0) is 61.6 Å². The fraction of sp³-hybridized carbons (Fsp3) is 0.226. The summed E-state index contributed by atoms with van der Waals surface area (Å²) in [5.74, 6) is -0.734. The zero-order valence-electron chi connectivity index (χ0n) is 22.9. The number of halogens is 1. The molecule has 1 aromatic heterocycles. The Morgan fingerprint density at radius 1 is 0.976 bits per heavy atom. The molecule has 2 aliphatic rings. The molecule has 10 heteroatoms. The molecule has 2 N–H and O–H groups in total. The van der Waals surface area contributed by atoms with Gasteiger partial charge in [-0.25, -0.2) is 4.39 Å². The highest BCUT2D eigenvalue weighted by Crippen LogP contribution is 2.38. The van der Waals surface area contributed by atoms with E-state index in [1.165, 1.54) is 12.1 Å². The summed E-state index contributed by atoms with van der Waals surface area (Å²) in [6.45, 7) is 4.04. The fourth-order valence-corrected chi connectivity index (χ4v) is 5.15. The number of amides is 2. The highest BCUT2D eigenvalue weighted by atomic mass is 19.1. The first-order chi connectivity index (χ1) is 19.9. The average Bonchev–Trinajstić information content (AvgIpc) is 3.31. The number of nitrogens with zero attached hydrogens (tertiary/aromatic N) is 5. The Labute approximate surface area is 237 Å². The highest BCUT2D eigenvalue weighted by molar-refractivity contribution is 6.37. The molecule has 1 saturated heterocycles. The van der Waals surface area contributed by atoms with Crippen LogP contribution in [-0.2, 0) is 9.59 Å². The van der Waals surface area contributed by atoms with Crippen LogP contribution in [0, 0.1) is 5.82 Å². The first-order valence-corrected chi connectivity index (χ1v) is 13.5. The molecule has 41 heavy (non-hydrogen) atoms.